The van der Waals surface area contributed by atoms with Gasteiger partial charge in [0.25, 0.3) is 0 Å². The number of hydrogen-bond acceptors (Lipinski definition) is 6. The van der Waals surface area contributed by atoms with E-state index in [-0.39, 0.29) is 0 Å². The Labute approximate surface area is 98.9 Å². The van der Waals surface area contributed by atoms with Crippen LogP contribution in [0.3, 0.4) is 0 Å². The van der Waals surface area contributed by atoms with Crippen molar-refractivity contribution in [3.8, 4) is 11.5 Å². The van der Waals surface area contributed by atoms with Crippen molar-refractivity contribution < 1.29 is 27.0 Å². The van der Waals surface area contributed by atoms with Crippen molar-refractivity contribution in [2.45, 2.75) is 0 Å². The fourth-order valence-electron chi connectivity index (χ4n) is 0.918. The molecule has 1 aromatic carbocycles. The lowest BCUT2D eigenvalue weighted by Crippen LogP contribution is -2.07. The monoisotopic (exact) mass is 266 g/mol. The molecule has 0 aliphatic heterocycles. The van der Waals surface area contributed by atoms with E-state index in [1.807, 2.05) is 0 Å². The standard InChI is InChI=1S/C8H12N2O2.H2O4S/c1-11-6-3-4-7(10-9)8(5-6)12-2;1-5(2,3)4/h3-5,10H,9H2,1-2H3;(H2,1,2,3,4). The molecular weight excluding hydrogens is 252 g/mol. The van der Waals surface area contributed by atoms with E-state index >= 15 is 0 Å². The highest BCUT2D eigenvalue weighted by Gasteiger charge is 2.01. The van der Waals surface area contributed by atoms with Gasteiger partial charge in [0.15, 0.2) is 0 Å². The van der Waals surface area contributed by atoms with Gasteiger partial charge < -0.3 is 14.9 Å². The number of methoxy groups -OCH3 is 2. The van der Waals surface area contributed by atoms with E-state index < -0.39 is 10.4 Å². The molecule has 9 heteroatoms. The maximum absolute atomic E-state index is 8.74. The van der Waals surface area contributed by atoms with Gasteiger partial charge in [-0.2, -0.15) is 8.42 Å². The molecule has 1 aromatic rings. The molecule has 8 nitrogen and oxygen atoms in total. The van der Waals surface area contributed by atoms with Crippen LogP contribution in [0.25, 0.3) is 0 Å². The first-order valence-corrected chi connectivity index (χ1v) is 5.60. The predicted molar refractivity (Wildman–Crippen MR) is 61.5 cm³/mol. The lowest BCUT2D eigenvalue weighted by molar-refractivity contribution is 0.381. The molecule has 0 bridgehead atoms. The van der Waals surface area contributed by atoms with Crippen molar-refractivity contribution in [1.29, 1.82) is 0 Å². The van der Waals surface area contributed by atoms with Gasteiger partial charge in [0.2, 0.25) is 0 Å². The first-order chi connectivity index (χ1) is 7.81. The minimum Gasteiger partial charge on any atom is -0.497 e. The average Bonchev–Trinajstić information content (AvgIpc) is 2.25. The van der Waals surface area contributed by atoms with Gasteiger partial charge in [0.05, 0.1) is 19.9 Å². The van der Waals surface area contributed by atoms with E-state index in [2.05, 4.69) is 5.43 Å². The van der Waals surface area contributed by atoms with Crippen LogP contribution >= 0.6 is 0 Å². The first-order valence-electron chi connectivity index (χ1n) is 4.20. The van der Waals surface area contributed by atoms with Crippen molar-refractivity contribution >= 4 is 16.1 Å². The summed E-state index contributed by atoms with van der Waals surface area (Å²) in [6.45, 7) is 0. The topological polar surface area (TPSA) is 131 Å². The van der Waals surface area contributed by atoms with E-state index in [1.54, 1.807) is 32.4 Å². The van der Waals surface area contributed by atoms with Crippen molar-refractivity contribution in [1.82, 2.24) is 0 Å². The molecule has 0 amide bonds. The average molecular weight is 266 g/mol. The van der Waals surface area contributed by atoms with E-state index in [4.69, 9.17) is 32.8 Å². The number of nitrogen functional groups attached to an aromatic ring is 1. The van der Waals surface area contributed by atoms with Gasteiger partial charge in [-0.3, -0.25) is 14.9 Å². The molecule has 5 N–H and O–H groups in total. The third-order valence-corrected chi connectivity index (χ3v) is 1.56. The van der Waals surface area contributed by atoms with E-state index in [0.717, 1.165) is 11.4 Å². The lowest BCUT2D eigenvalue weighted by Gasteiger charge is -2.08. The van der Waals surface area contributed by atoms with Gasteiger partial charge in [-0.1, -0.05) is 0 Å². The van der Waals surface area contributed by atoms with Crippen LogP contribution in [-0.4, -0.2) is 31.7 Å². The molecule has 0 radical (unpaired) electrons. The van der Waals surface area contributed by atoms with Crippen molar-refractivity contribution in [2.24, 2.45) is 5.84 Å². The molecule has 0 aromatic heterocycles. The first kappa shape index (κ1) is 15.4. The minimum absolute atomic E-state index is 0.664. The Balaban J connectivity index is 0.000000437. The van der Waals surface area contributed by atoms with Crippen LogP contribution in [-0.2, 0) is 10.4 Å². The highest BCUT2D eigenvalue weighted by Crippen LogP contribution is 2.27. The molecule has 17 heavy (non-hydrogen) atoms. The fraction of sp³-hybridized carbons (Fsp3) is 0.250. The van der Waals surface area contributed by atoms with Gasteiger partial charge in [0.1, 0.15) is 11.5 Å². The van der Waals surface area contributed by atoms with Crippen molar-refractivity contribution in [3.05, 3.63) is 18.2 Å². The molecule has 0 aliphatic rings. The summed E-state index contributed by atoms with van der Waals surface area (Å²) in [5.74, 6) is 6.65. The molecule has 0 fully saturated rings. The summed E-state index contributed by atoms with van der Waals surface area (Å²) in [7, 11) is -1.49. The zero-order valence-corrected chi connectivity index (χ0v) is 10.1. The predicted octanol–water partition coefficient (Wildman–Crippen LogP) is 0.337. The summed E-state index contributed by atoms with van der Waals surface area (Å²) < 4.78 is 41.6. The number of nitrogens with one attached hydrogen (secondary N) is 1. The van der Waals surface area contributed by atoms with Gasteiger partial charge in [-0.15, -0.1) is 0 Å². The Hall–Kier alpha value is -1.55. The second kappa shape index (κ2) is 6.91. The molecule has 0 unspecified atom stereocenters. The molecule has 98 valence electrons. The van der Waals surface area contributed by atoms with Gasteiger partial charge in [-0.25, -0.2) is 0 Å². The summed E-state index contributed by atoms with van der Waals surface area (Å²) in [5.41, 5.74) is 3.25. The fourth-order valence-corrected chi connectivity index (χ4v) is 0.918. The smallest absolute Gasteiger partial charge is 0.394 e. The number of rotatable bonds is 3. The van der Waals surface area contributed by atoms with Gasteiger partial charge in [-0.05, 0) is 12.1 Å². The number of hydrazine groups is 1. The third-order valence-electron chi connectivity index (χ3n) is 1.56. The molecule has 0 spiro atoms. The van der Waals surface area contributed by atoms with Gasteiger partial charge >= 0.3 is 10.4 Å². The normalized spacial score (nSPS) is 9.94. The maximum Gasteiger partial charge on any atom is 0.394 e. The molecule has 0 saturated heterocycles. The van der Waals surface area contributed by atoms with Crippen molar-refractivity contribution in [3.63, 3.8) is 0 Å². The van der Waals surface area contributed by atoms with Crippen LogP contribution in [0.5, 0.6) is 11.5 Å². The number of nitrogens with two attached hydrogens (primary N) is 1. The minimum atomic E-state index is -4.67. The Bertz CT molecular complexity index is 439. The van der Waals surface area contributed by atoms with Crippen molar-refractivity contribution in [2.75, 3.05) is 19.6 Å². The zero-order chi connectivity index (χ0) is 13.5. The number of benzene rings is 1. The van der Waals surface area contributed by atoms with E-state index in [9.17, 15) is 0 Å². The molecule has 0 heterocycles. The summed E-state index contributed by atoms with van der Waals surface area (Å²) in [6.07, 6.45) is 0. The van der Waals surface area contributed by atoms with E-state index in [0.29, 0.717) is 5.75 Å². The highest BCUT2D eigenvalue weighted by atomic mass is 32.3. The maximum atomic E-state index is 8.74. The van der Waals surface area contributed by atoms with Gasteiger partial charge in [0, 0.05) is 6.07 Å². The van der Waals surface area contributed by atoms with Crippen LogP contribution in [0.15, 0.2) is 18.2 Å². The molecule has 0 saturated carbocycles. The summed E-state index contributed by atoms with van der Waals surface area (Å²) in [4.78, 5) is 0. The van der Waals surface area contributed by atoms with E-state index in [1.165, 1.54) is 0 Å². The number of hydrogen-bond donors (Lipinski definition) is 4. The third kappa shape index (κ3) is 7.36. The Kier molecular flexibility index (Phi) is 6.28. The summed E-state index contributed by atoms with van der Waals surface area (Å²) >= 11 is 0. The van der Waals surface area contributed by atoms with Crippen LogP contribution in [0.2, 0.25) is 0 Å². The summed E-state index contributed by atoms with van der Waals surface area (Å²) in [6, 6.07) is 5.35. The van der Waals surface area contributed by atoms with Crippen LogP contribution < -0.4 is 20.7 Å². The Morgan fingerprint density at radius 1 is 1.24 bits per heavy atom. The molecule has 0 atom stereocenters. The highest BCUT2D eigenvalue weighted by molar-refractivity contribution is 7.79. The zero-order valence-electron chi connectivity index (χ0n) is 9.25. The molecular formula is C8H14N2O6S. The second-order valence-electron chi connectivity index (χ2n) is 2.66. The van der Waals surface area contributed by atoms with Crippen LogP contribution in [0.4, 0.5) is 5.69 Å². The Morgan fingerprint density at radius 3 is 2.12 bits per heavy atom. The quantitative estimate of drug-likeness (QED) is 0.350. The number of ether oxygens (including phenoxy) is 2. The summed E-state index contributed by atoms with van der Waals surface area (Å²) in [5, 5.41) is 0. The SMILES string of the molecule is COc1ccc(NN)c(OC)c1.O=S(=O)(O)O. The lowest BCUT2D eigenvalue weighted by atomic mass is 10.3. The second-order valence-corrected chi connectivity index (χ2v) is 3.55. The number of anilines is 1. The molecule has 1 rings (SSSR count). The largest absolute Gasteiger partial charge is 0.497 e. The Morgan fingerprint density at radius 2 is 1.76 bits per heavy atom. The van der Waals surface area contributed by atoms with Crippen LogP contribution in [0, 0.1) is 0 Å². The molecule has 0 aliphatic carbocycles. The van der Waals surface area contributed by atoms with Crippen LogP contribution in [0.1, 0.15) is 0 Å².